The Morgan fingerprint density at radius 3 is 2.57 bits per heavy atom. The molecule has 0 saturated heterocycles. The first kappa shape index (κ1) is 18.7. The van der Waals surface area contributed by atoms with Gasteiger partial charge >= 0.3 is 5.97 Å². The van der Waals surface area contributed by atoms with Crippen molar-refractivity contribution in [3.63, 3.8) is 0 Å². The number of aliphatic carboxylic acids is 1. The number of nitrogens with one attached hydrogen (secondary N) is 1. The Balaban J connectivity index is 2.29. The monoisotopic (exact) mass is 321 g/mol. The second-order valence-corrected chi connectivity index (χ2v) is 6.00. The fourth-order valence-corrected chi connectivity index (χ4v) is 1.71. The van der Waals surface area contributed by atoms with Crippen LogP contribution in [-0.4, -0.2) is 35.9 Å². The molecule has 0 aliphatic rings. The summed E-state index contributed by atoms with van der Waals surface area (Å²) in [6, 6.07) is 6.87. The SMILES string of the molecule is CC(=O)c1cccc(OCCCC(=O)NCC(C)(C)C(=O)O)c1. The van der Waals surface area contributed by atoms with E-state index in [9.17, 15) is 14.4 Å². The van der Waals surface area contributed by atoms with Crippen molar-refractivity contribution in [2.24, 2.45) is 5.41 Å². The molecule has 0 spiro atoms. The summed E-state index contributed by atoms with van der Waals surface area (Å²) in [6.45, 7) is 5.03. The van der Waals surface area contributed by atoms with E-state index in [1.165, 1.54) is 6.92 Å². The lowest BCUT2D eigenvalue weighted by Gasteiger charge is -2.19. The Morgan fingerprint density at radius 2 is 1.96 bits per heavy atom. The van der Waals surface area contributed by atoms with Gasteiger partial charge in [-0.1, -0.05) is 12.1 Å². The number of amides is 1. The third-order valence-corrected chi connectivity index (χ3v) is 3.36. The van der Waals surface area contributed by atoms with Gasteiger partial charge in [0.2, 0.25) is 5.91 Å². The molecule has 0 aliphatic carbocycles. The van der Waals surface area contributed by atoms with Crippen molar-refractivity contribution in [2.75, 3.05) is 13.2 Å². The van der Waals surface area contributed by atoms with Gasteiger partial charge in [-0.15, -0.1) is 0 Å². The summed E-state index contributed by atoms with van der Waals surface area (Å²) in [5.41, 5.74) is -0.407. The molecule has 0 unspecified atom stereocenters. The lowest BCUT2D eigenvalue weighted by Crippen LogP contribution is -2.38. The maximum Gasteiger partial charge on any atom is 0.310 e. The van der Waals surface area contributed by atoms with Crippen molar-refractivity contribution >= 4 is 17.7 Å². The van der Waals surface area contributed by atoms with Gasteiger partial charge in [-0.25, -0.2) is 0 Å². The molecule has 0 aliphatic heterocycles. The quantitative estimate of drug-likeness (QED) is 0.537. The van der Waals surface area contributed by atoms with E-state index in [4.69, 9.17) is 9.84 Å². The van der Waals surface area contributed by atoms with Crippen LogP contribution in [0.4, 0.5) is 0 Å². The Morgan fingerprint density at radius 1 is 1.26 bits per heavy atom. The van der Waals surface area contributed by atoms with Crippen molar-refractivity contribution in [1.29, 1.82) is 0 Å². The van der Waals surface area contributed by atoms with E-state index < -0.39 is 11.4 Å². The van der Waals surface area contributed by atoms with Crippen LogP contribution in [0, 0.1) is 5.41 Å². The van der Waals surface area contributed by atoms with Crippen LogP contribution in [0.3, 0.4) is 0 Å². The summed E-state index contributed by atoms with van der Waals surface area (Å²) >= 11 is 0. The minimum Gasteiger partial charge on any atom is -0.494 e. The minimum atomic E-state index is -0.987. The highest BCUT2D eigenvalue weighted by Gasteiger charge is 2.27. The zero-order valence-electron chi connectivity index (χ0n) is 13.7. The van der Waals surface area contributed by atoms with Crippen LogP contribution in [0.25, 0.3) is 0 Å². The van der Waals surface area contributed by atoms with E-state index in [0.29, 0.717) is 24.3 Å². The number of carbonyl (C=O) groups excluding carboxylic acids is 2. The number of ether oxygens (including phenoxy) is 1. The van der Waals surface area contributed by atoms with Crippen LogP contribution < -0.4 is 10.1 Å². The zero-order chi connectivity index (χ0) is 17.5. The molecule has 6 heteroatoms. The number of hydrogen-bond donors (Lipinski definition) is 2. The molecule has 0 fully saturated rings. The number of Topliss-reactive ketones (excluding diaryl/α,β-unsaturated/α-hetero) is 1. The normalized spacial score (nSPS) is 10.9. The summed E-state index contributed by atoms with van der Waals surface area (Å²) in [5, 5.41) is 11.6. The molecule has 0 bridgehead atoms. The molecular weight excluding hydrogens is 298 g/mol. The van der Waals surface area contributed by atoms with Gasteiger partial charge in [-0.05, 0) is 39.3 Å². The number of hydrogen-bond acceptors (Lipinski definition) is 4. The first-order chi connectivity index (χ1) is 10.7. The molecule has 2 N–H and O–H groups in total. The molecule has 1 amide bonds. The number of rotatable bonds is 9. The predicted molar refractivity (Wildman–Crippen MR) is 85.6 cm³/mol. The van der Waals surface area contributed by atoms with E-state index >= 15 is 0 Å². The molecule has 1 aromatic carbocycles. The van der Waals surface area contributed by atoms with Crippen molar-refractivity contribution in [1.82, 2.24) is 5.32 Å². The van der Waals surface area contributed by atoms with E-state index in [2.05, 4.69) is 5.32 Å². The van der Waals surface area contributed by atoms with E-state index in [0.717, 1.165) is 0 Å². The molecule has 23 heavy (non-hydrogen) atoms. The van der Waals surface area contributed by atoms with Crippen LogP contribution in [0.2, 0.25) is 0 Å². The highest BCUT2D eigenvalue weighted by molar-refractivity contribution is 5.94. The van der Waals surface area contributed by atoms with Crippen molar-refractivity contribution in [3.05, 3.63) is 29.8 Å². The maximum atomic E-state index is 11.7. The molecule has 0 saturated carbocycles. The Labute approximate surface area is 135 Å². The molecule has 126 valence electrons. The van der Waals surface area contributed by atoms with Gasteiger partial charge in [0.15, 0.2) is 5.78 Å². The second-order valence-electron chi connectivity index (χ2n) is 6.00. The standard InChI is InChI=1S/C17H23NO5/c1-12(19)13-6-4-7-14(10-13)23-9-5-8-15(20)18-11-17(2,3)16(21)22/h4,6-7,10H,5,8-9,11H2,1-3H3,(H,18,20)(H,21,22). The number of ketones is 1. The average Bonchev–Trinajstić information content (AvgIpc) is 2.49. The summed E-state index contributed by atoms with van der Waals surface area (Å²) in [5.74, 6) is -0.604. The molecule has 1 rings (SSSR count). The highest BCUT2D eigenvalue weighted by atomic mass is 16.5. The molecule has 1 aromatic rings. The maximum absolute atomic E-state index is 11.7. The molecule has 0 radical (unpaired) electrons. The van der Waals surface area contributed by atoms with Gasteiger partial charge in [-0.2, -0.15) is 0 Å². The van der Waals surface area contributed by atoms with Gasteiger partial charge in [0.1, 0.15) is 5.75 Å². The first-order valence-corrected chi connectivity index (χ1v) is 7.46. The number of benzene rings is 1. The predicted octanol–water partition coefficient (Wildman–Crippen LogP) is 2.28. The zero-order valence-corrected chi connectivity index (χ0v) is 13.7. The fourth-order valence-electron chi connectivity index (χ4n) is 1.71. The van der Waals surface area contributed by atoms with E-state index in [1.54, 1.807) is 38.1 Å². The molecular formula is C17H23NO5. The third kappa shape index (κ3) is 6.50. The third-order valence-electron chi connectivity index (χ3n) is 3.36. The fraction of sp³-hybridized carbons (Fsp3) is 0.471. The average molecular weight is 321 g/mol. The van der Waals surface area contributed by atoms with Gasteiger partial charge in [0.05, 0.1) is 12.0 Å². The minimum absolute atomic E-state index is 0.0316. The summed E-state index contributed by atoms with van der Waals surface area (Å²) in [6.07, 6.45) is 0.756. The van der Waals surface area contributed by atoms with Crippen molar-refractivity contribution in [3.8, 4) is 5.75 Å². The van der Waals surface area contributed by atoms with E-state index in [-0.39, 0.29) is 24.7 Å². The van der Waals surface area contributed by atoms with Crippen molar-refractivity contribution < 1.29 is 24.2 Å². The summed E-state index contributed by atoms with van der Waals surface area (Å²) in [7, 11) is 0. The largest absolute Gasteiger partial charge is 0.494 e. The topological polar surface area (TPSA) is 92.7 Å². The van der Waals surface area contributed by atoms with E-state index in [1.807, 2.05) is 0 Å². The van der Waals surface area contributed by atoms with Gasteiger partial charge in [0.25, 0.3) is 0 Å². The first-order valence-electron chi connectivity index (χ1n) is 7.46. The van der Waals surface area contributed by atoms with Gasteiger partial charge < -0.3 is 15.2 Å². The Kier molecular flexibility index (Phi) is 6.75. The molecule has 6 nitrogen and oxygen atoms in total. The van der Waals surface area contributed by atoms with Crippen LogP contribution in [-0.2, 0) is 9.59 Å². The number of carbonyl (C=O) groups is 3. The number of carboxylic acids is 1. The smallest absolute Gasteiger partial charge is 0.310 e. The Hall–Kier alpha value is -2.37. The second kappa shape index (κ2) is 8.31. The van der Waals surface area contributed by atoms with Crippen molar-refractivity contribution in [2.45, 2.75) is 33.6 Å². The molecule has 0 aromatic heterocycles. The van der Waals surface area contributed by atoms with Crippen LogP contribution >= 0.6 is 0 Å². The van der Waals surface area contributed by atoms with Crippen LogP contribution in [0.1, 0.15) is 44.0 Å². The highest BCUT2D eigenvalue weighted by Crippen LogP contribution is 2.15. The lowest BCUT2D eigenvalue weighted by molar-refractivity contribution is -0.146. The molecule has 0 atom stereocenters. The summed E-state index contributed by atoms with van der Waals surface area (Å²) < 4.78 is 5.50. The lowest BCUT2D eigenvalue weighted by atomic mass is 9.94. The van der Waals surface area contributed by atoms with Gasteiger partial charge in [0, 0.05) is 18.5 Å². The Bertz CT molecular complexity index is 580. The molecule has 0 heterocycles. The summed E-state index contributed by atoms with van der Waals surface area (Å²) in [4.78, 5) is 33.9. The van der Waals surface area contributed by atoms with Gasteiger partial charge in [-0.3, -0.25) is 14.4 Å². The van der Waals surface area contributed by atoms with Crippen LogP contribution in [0.5, 0.6) is 5.75 Å². The number of carboxylic acid groups (broad SMARTS) is 1. The van der Waals surface area contributed by atoms with Crippen LogP contribution in [0.15, 0.2) is 24.3 Å².